The van der Waals surface area contributed by atoms with Crippen LogP contribution in [0.4, 0.5) is 0 Å². The monoisotopic (exact) mass is 677 g/mol. The first-order chi connectivity index (χ1) is 24.2. The number of hydrogen-bond donors (Lipinski definition) is 3. The van der Waals surface area contributed by atoms with Crippen molar-refractivity contribution in [3.05, 3.63) is 88.1 Å². The normalized spacial score (nSPS) is 20.2. The molecule has 1 heterocycles. The van der Waals surface area contributed by atoms with Gasteiger partial charge in [-0.15, -0.1) is 0 Å². The van der Waals surface area contributed by atoms with Crippen LogP contribution in [-0.4, -0.2) is 47.3 Å². The lowest BCUT2D eigenvalue weighted by atomic mass is 9.69. The van der Waals surface area contributed by atoms with Gasteiger partial charge < -0.3 is 29.4 Å². The van der Waals surface area contributed by atoms with Gasteiger partial charge in [0.1, 0.15) is 11.9 Å². The standard InChI is InChI=1S/C42H47NO7/c1-24(44)50-28(17-15-25-16-18-37(46)38(19-25)48-2)21-27(45)22-33-29-10-5-4-9-26(29)20-35-40-32(42(47)39(49-3)23-34(33)40)13-8-12-31-30-11-6-7-14-36(30)43-41(31)35/h6-7,11,14,16,18-20,23,26,28-29,33,43,46-47H,4-5,8-10,12-13,15,17,21-22H2,1-3H3/t26-,28-,29+,33-/m1/s1. The second-order valence-corrected chi connectivity index (χ2v) is 14.3. The van der Waals surface area contributed by atoms with Gasteiger partial charge in [-0.1, -0.05) is 43.2 Å². The van der Waals surface area contributed by atoms with Crippen LogP contribution < -0.4 is 9.47 Å². The maximum absolute atomic E-state index is 14.2. The van der Waals surface area contributed by atoms with Crippen molar-refractivity contribution in [3.63, 3.8) is 0 Å². The number of aromatic amines is 1. The number of allylic oxidation sites excluding steroid dienone is 1. The number of esters is 1. The van der Waals surface area contributed by atoms with E-state index in [4.69, 9.17) is 14.2 Å². The number of phenols is 2. The fourth-order valence-electron chi connectivity index (χ4n) is 8.98. The zero-order valence-corrected chi connectivity index (χ0v) is 29.2. The van der Waals surface area contributed by atoms with Gasteiger partial charge in [0.15, 0.2) is 23.0 Å². The molecule has 0 aliphatic heterocycles. The Hall–Kier alpha value is -4.72. The van der Waals surface area contributed by atoms with Crippen LogP contribution in [-0.2, 0) is 33.6 Å². The van der Waals surface area contributed by atoms with Gasteiger partial charge in [-0.25, -0.2) is 0 Å². The lowest BCUT2D eigenvalue weighted by molar-refractivity contribution is -0.147. The van der Waals surface area contributed by atoms with Crippen LogP contribution in [0.25, 0.3) is 16.5 Å². The van der Waals surface area contributed by atoms with Gasteiger partial charge in [0.2, 0.25) is 0 Å². The number of ketones is 1. The number of aryl methyl sites for hydroxylation is 2. The van der Waals surface area contributed by atoms with E-state index in [-0.39, 0.29) is 41.5 Å². The third-order valence-corrected chi connectivity index (χ3v) is 11.2. The molecule has 0 radical (unpaired) electrons. The number of phenolic OH excluding ortho intramolecular Hbond substituents is 2. The Balaban J connectivity index is 1.26. The number of aromatic nitrogens is 1. The van der Waals surface area contributed by atoms with E-state index < -0.39 is 12.1 Å². The molecule has 7 rings (SSSR count). The Morgan fingerprint density at radius 1 is 0.940 bits per heavy atom. The highest BCUT2D eigenvalue weighted by molar-refractivity contribution is 5.95. The molecule has 3 aromatic carbocycles. The van der Waals surface area contributed by atoms with Crippen molar-refractivity contribution in [3.8, 4) is 23.0 Å². The van der Waals surface area contributed by atoms with Crippen molar-refractivity contribution in [2.45, 2.75) is 89.6 Å². The van der Waals surface area contributed by atoms with Crippen LogP contribution in [0.1, 0.15) is 97.7 Å². The molecule has 1 aromatic heterocycles. The smallest absolute Gasteiger partial charge is 0.302 e. The molecular formula is C42H47NO7. The molecule has 4 aromatic rings. The average molecular weight is 678 g/mol. The summed E-state index contributed by atoms with van der Waals surface area (Å²) in [6.45, 7) is 1.38. The summed E-state index contributed by atoms with van der Waals surface area (Å²) in [5, 5.41) is 22.9. The second kappa shape index (κ2) is 14.3. The number of para-hydroxylation sites is 1. The van der Waals surface area contributed by atoms with Crippen molar-refractivity contribution >= 4 is 28.2 Å². The zero-order valence-electron chi connectivity index (χ0n) is 29.2. The van der Waals surface area contributed by atoms with Gasteiger partial charge in [0.05, 0.1) is 19.9 Å². The highest BCUT2D eigenvalue weighted by Gasteiger charge is 2.40. The molecule has 0 saturated heterocycles. The summed E-state index contributed by atoms with van der Waals surface area (Å²) in [4.78, 5) is 30.2. The van der Waals surface area contributed by atoms with Crippen molar-refractivity contribution in [2.24, 2.45) is 11.8 Å². The number of aromatic hydroxyl groups is 2. The first-order valence-electron chi connectivity index (χ1n) is 18.0. The molecule has 0 spiro atoms. The molecular weight excluding hydrogens is 630 g/mol. The molecule has 3 aliphatic rings. The fourth-order valence-corrected chi connectivity index (χ4v) is 8.98. The van der Waals surface area contributed by atoms with Crippen LogP contribution in [0.5, 0.6) is 23.0 Å². The van der Waals surface area contributed by atoms with E-state index in [0.29, 0.717) is 37.2 Å². The number of nitrogens with one attached hydrogen (secondary N) is 1. The second-order valence-electron chi connectivity index (χ2n) is 14.3. The van der Waals surface area contributed by atoms with Crippen molar-refractivity contribution in [1.82, 2.24) is 4.98 Å². The number of carbonyl (C=O) groups excluding carboxylic acids is 2. The van der Waals surface area contributed by atoms with Gasteiger partial charge >= 0.3 is 5.97 Å². The topological polar surface area (TPSA) is 118 Å². The predicted molar refractivity (Wildman–Crippen MR) is 193 cm³/mol. The Morgan fingerprint density at radius 2 is 1.72 bits per heavy atom. The summed E-state index contributed by atoms with van der Waals surface area (Å²) in [5.74, 6) is 1.15. The minimum absolute atomic E-state index is 0.0512. The summed E-state index contributed by atoms with van der Waals surface area (Å²) >= 11 is 0. The SMILES string of the molecule is COc1cc(CC[C@H](CC(=O)C[C@H]2c3cc(OC)c(O)c4c3C(=C[C@H]3CCCC[C@@H]32)c2[nH]c3ccccc3c2CCC4)OC(C)=O)ccc1O. The number of H-pyrrole nitrogens is 1. The van der Waals surface area contributed by atoms with Gasteiger partial charge in [0.25, 0.3) is 0 Å². The molecule has 4 atom stereocenters. The summed E-state index contributed by atoms with van der Waals surface area (Å²) in [6, 6.07) is 15.6. The predicted octanol–water partition coefficient (Wildman–Crippen LogP) is 8.33. The molecule has 262 valence electrons. The highest BCUT2D eigenvalue weighted by Crippen LogP contribution is 2.54. The molecule has 0 amide bonds. The number of ether oxygens (including phenoxy) is 3. The van der Waals surface area contributed by atoms with E-state index in [9.17, 15) is 19.8 Å². The van der Waals surface area contributed by atoms with E-state index in [0.717, 1.165) is 77.6 Å². The van der Waals surface area contributed by atoms with Crippen LogP contribution in [0.3, 0.4) is 0 Å². The first-order valence-corrected chi connectivity index (χ1v) is 18.0. The maximum atomic E-state index is 14.2. The summed E-state index contributed by atoms with van der Waals surface area (Å²) < 4.78 is 16.8. The molecule has 0 bridgehead atoms. The van der Waals surface area contributed by atoms with Crippen molar-refractivity contribution < 1.29 is 34.0 Å². The Labute approximate surface area is 293 Å². The Bertz CT molecular complexity index is 1960. The van der Waals surface area contributed by atoms with Crippen LogP contribution in [0.15, 0.2) is 54.6 Å². The van der Waals surface area contributed by atoms with Crippen LogP contribution >= 0.6 is 0 Å². The molecule has 3 N–H and O–H groups in total. The van der Waals surface area contributed by atoms with E-state index in [1.165, 1.54) is 25.0 Å². The Morgan fingerprint density at radius 3 is 2.52 bits per heavy atom. The fraction of sp³-hybridized carbons (Fsp3) is 0.429. The summed E-state index contributed by atoms with van der Waals surface area (Å²) in [6.07, 6.45) is 10.1. The van der Waals surface area contributed by atoms with Crippen molar-refractivity contribution in [2.75, 3.05) is 14.2 Å². The van der Waals surface area contributed by atoms with E-state index in [1.807, 2.05) is 12.1 Å². The number of fused-ring (bicyclic) bond motifs is 5. The molecule has 0 unspecified atom stereocenters. The Kier molecular flexibility index (Phi) is 9.63. The molecule has 8 nitrogen and oxygen atoms in total. The molecule has 3 aliphatic carbocycles. The number of benzene rings is 3. The molecule has 1 saturated carbocycles. The molecule has 50 heavy (non-hydrogen) atoms. The van der Waals surface area contributed by atoms with Crippen LogP contribution in [0, 0.1) is 11.8 Å². The maximum Gasteiger partial charge on any atom is 0.302 e. The van der Waals surface area contributed by atoms with E-state index >= 15 is 0 Å². The highest BCUT2D eigenvalue weighted by atomic mass is 16.5. The first kappa shape index (κ1) is 33.8. The number of Topliss-reactive ketones (excluding diaryl/α,β-unsaturated/α-hetero) is 1. The van der Waals surface area contributed by atoms with Gasteiger partial charge in [-0.05, 0) is 109 Å². The number of hydrogen-bond acceptors (Lipinski definition) is 7. The van der Waals surface area contributed by atoms with Gasteiger partial charge in [-0.2, -0.15) is 0 Å². The summed E-state index contributed by atoms with van der Waals surface area (Å²) in [5.41, 5.74) is 8.60. The minimum Gasteiger partial charge on any atom is -0.504 e. The quantitative estimate of drug-likeness (QED) is 0.145. The largest absolute Gasteiger partial charge is 0.504 e. The van der Waals surface area contributed by atoms with Crippen LogP contribution in [0.2, 0.25) is 0 Å². The zero-order chi connectivity index (χ0) is 34.9. The minimum atomic E-state index is -0.578. The van der Waals surface area contributed by atoms with E-state index in [1.54, 1.807) is 19.2 Å². The number of rotatable bonds is 10. The van der Waals surface area contributed by atoms with Gasteiger partial charge in [0, 0.05) is 41.8 Å². The van der Waals surface area contributed by atoms with E-state index in [2.05, 4.69) is 35.3 Å². The van der Waals surface area contributed by atoms with Gasteiger partial charge in [-0.3, -0.25) is 9.59 Å². The van der Waals surface area contributed by atoms with Crippen molar-refractivity contribution in [1.29, 1.82) is 0 Å². The lowest BCUT2D eigenvalue weighted by Gasteiger charge is -2.35. The number of carbonyl (C=O) groups is 2. The molecule has 1 fully saturated rings. The number of methoxy groups -OCH3 is 2. The third-order valence-electron chi connectivity index (χ3n) is 11.2. The summed E-state index contributed by atoms with van der Waals surface area (Å²) in [7, 11) is 3.10. The average Bonchev–Trinajstić information content (AvgIpc) is 3.40. The third kappa shape index (κ3) is 6.48. The molecule has 8 heteroatoms. The lowest BCUT2D eigenvalue weighted by Crippen LogP contribution is -2.28.